The third kappa shape index (κ3) is 4.95. The first kappa shape index (κ1) is 17.8. The molecule has 0 aromatic heterocycles. The van der Waals surface area contributed by atoms with Gasteiger partial charge in [0.1, 0.15) is 11.3 Å². The minimum absolute atomic E-state index is 0.0495. The summed E-state index contributed by atoms with van der Waals surface area (Å²) in [5, 5.41) is 11.4. The van der Waals surface area contributed by atoms with Crippen LogP contribution in [0.1, 0.15) is 32.8 Å². The van der Waals surface area contributed by atoms with Gasteiger partial charge in [-0.3, -0.25) is 4.79 Å². The van der Waals surface area contributed by atoms with Crippen molar-refractivity contribution in [1.82, 2.24) is 5.32 Å². The summed E-state index contributed by atoms with van der Waals surface area (Å²) in [7, 11) is 0. The largest absolute Gasteiger partial charge is 0.481 e. The van der Waals surface area contributed by atoms with Gasteiger partial charge in [-0.25, -0.2) is 0 Å². The Morgan fingerprint density at radius 1 is 1.41 bits per heavy atom. The van der Waals surface area contributed by atoms with Gasteiger partial charge in [0.15, 0.2) is 6.10 Å². The number of benzene rings is 1. The number of ether oxygens (including phenoxy) is 1. The van der Waals surface area contributed by atoms with Gasteiger partial charge in [0.25, 0.3) is 5.91 Å². The molecule has 0 aliphatic heterocycles. The molecule has 4 nitrogen and oxygen atoms in total. The van der Waals surface area contributed by atoms with Crippen LogP contribution in [-0.2, 0) is 11.0 Å². The number of amides is 1. The van der Waals surface area contributed by atoms with Crippen LogP contribution in [0.3, 0.4) is 0 Å². The second-order valence-electron chi connectivity index (χ2n) is 5.27. The van der Waals surface area contributed by atoms with E-state index in [4.69, 9.17) is 10.00 Å². The molecule has 1 aromatic rings. The molecule has 0 aliphatic carbocycles. The molecule has 22 heavy (non-hydrogen) atoms. The van der Waals surface area contributed by atoms with Gasteiger partial charge < -0.3 is 10.1 Å². The zero-order valence-corrected chi connectivity index (χ0v) is 12.5. The number of alkyl halides is 3. The first-order valence-corrected chi connectivity index (χ1v) is 6.66. The maximum Gasteiger partial charge on any atom is 0.416 e. The van der Waals surface area contributed by atoms with Crippen molar-refractivity contribution in [3.8, 4) is 11.8 Å². The number of halogens is 3. The Bertz CT molecular complexity index is 577. The fraction of sp³-hybridized carbons (Fsp3) is 0.467. The second kappa shape index (κ2) is 6.69. The zero-order valence-electron chi connectivity index (χ0n) is 12.5. The first-order valence-electron chi connectivity index (χ1n) is 6.66. The molecule has 0 aliphatic rings. The van der Waals surface area contributed by atoms with E-state index in [1.165, 1.54) is 26.0 Å². The maximum absolute atomic E-state index is 12.6. The molecule has 0 fully saturated rings. The van der Waals surface area contributed by atoms with Crippen LogP contribution >= 0.6 is 0 Å². The van der Waals surface area contributed by atoms with E-state index in [1.54, 1.807) is 6.92 Å². The van der Waals surface area contributed by atoms with E-state index in [-0.39, 0.29) is 12.2 Å². The van der Waals surface area contributed by atoms with Crippen molar-refractivity contribution >= 4 is 5.91 Å². The summed E-state index contributed by atoms with van der Waals surface area (Å²) in [5.74, 6) is -0.599. The molecule has 1 N–H and O–H groups in total. The van der Waals surface area contributed by atoms with E-state index in [9.17, 15) is 18.0 Å². The summed E-state index contributed by atoms with van der Waals surface area (Å²) in [6.07, 6.45) is -5.20. The number of rotatable bonds is 5. The molecule has 1 aromatic carbocycles. The lowest BCUT2D eigenvalue weighted by Gasteiger charge is -2.23. The SMILES string of the molecule is CCC(Oc1cccc(C(F)(F)F)c1)C(=O)NC(C)(C)C#N. The minimum Gasteiger partial charge on any atom is -0.481 e. The molecule has 7 heteroatoms. The van der Waals surface area contributed by atoms with Crippen molar-refractivity contribution in [3.05, 3.63) is 29.8 Å². The molecule has 1 unspecified atom stereocenters. The predicted octanol–water partition coefficient (Wildman–Crippen LogP) is 3.28. The molecule has 0 heterocycles. The molecule has 0 radical (unpaired) electrons. The van der Waals surface area contributed by atoms with Gasteiger partial charge in [0, 0.05) is 0 Å². The zero-order chi connectivity index (χ0) is 17.0. The molecule has 1 atom stereocenters. The summed E-state index contributed by atoms with van der Waals surface area (Å²) >= 11 is 0. The molecular formula is C15H17F3N2O2. The van der Waals surface area contributed by atoms with Crippen LogP contribution in [0.2, 0.25) is 0 Å². The molecule has 0 saturated heterocycles. The fourth-order valence-electron chi connectivity index (χ4n) is 1.65. The summed E-state index contributed by atoms with van der Waals surface area (Å²) in [4.78, 5) is 12.0. The van der Waals surface area contributed by atoms with Gasteiger partial charge in [-0.05, 0) is 38.5 Å². The number of nitriles is 1. The van der Waals surface area contributed by atoms with Crippen LogP contribution in [0.25, 0.3) is 0 Å². The monoisotopic (exact) mass is 314 g/mol. The van der Waals surface area contributed by atoms with E-state index in [0.717, 1.165) is 12.1 Å². The highest BCUT2D eigenvalue weighted by Crippen LogP contribution is 2.31. The van der Waals surface area contributed by atoms with Crippen molar-refractivity contribution in [3.63, 3.8) is 0 Å². The Morgan fingerprint density at radius 2 is 2.05 bits per heavy atom. The molecule has 1 amide bonds. The normalized spacial score (nSPS) is 13.1. The van der Waals surface area contributed by atoms with Crippen molar-refractivity contribution in [1.29, 1.82) is 5.26 Å². The van der Waals surface area contributed by atoms with Crippen molar-refractivity contribution in [2.24, 2.45) is 0 Å². The van der Waals surface area contributed by atoms with Crippen LogP contribution in [-0.4, -0.2) is 17.6 Å². The molecule has 120 valence electrons. The Hall–Kier alpha value is -2.23. The Kier molecular flexibility index (Phi) is 5.42. The number of hydrogen-bond donors (Lipinski definition) is 1. The van der Waals surface area contributed by atoms with Gasteiger partial charge >= 0.3 is 6.18 Å². The van der Waals surface area contributed by atoms with E-state index in [1.807, 2.05) is 6.07 Å². The average Bonchev–Trinajstić information content (AvgIpc) is 2.43. The Labute approximate surface area is 126 Å². The highest BCUT2D eigenvalue weighted by Gasteiger charge is 2.31. The van der Waals surface area contributed by atoms with E-state index >= 15 is 0 Å². The maximum atomic E-state index is 12.6. The lowest BCUT2D eigenvalue weighted by Crippen LogP contribution is -2.48. The Balaban J connectivity index is 2.87. The lowest BCUT2D eigenvalue weighted by molar-refractivity contribution is -0.137. The number of carbonyl (C=O) groups is 1. The molecule has 1 rings (SSSR count). The highest BCUT2D eigenvalue weighted by molar-refractivity contribution is 5.82. The van der Waals surface area contributed by atoms with Crippen LogP contribution in [0.4, 0.5) is 13.2 Å². The van der Waals surface area contributed by atoms with Crippen LogP contribution in [0.5, 0.6) is 5.75 Å². The fourth-order valence-corrected chi connectivity index (χ4v) is 1.65. The molecule has 0 bridgehead atoms. The van der Waals surface area contributed by atoms with Gasteiger partial charge in [-0.1, -0.05) is 13.0 Å². The summed E-state index contributed by atoms with van der Waals surface area (Å²) in [6, 6.07) is 6.23. The van der Waals surface area contributed by atoms with Gasteiger partial charge in [0.05, 0.1) is 11.6 Å². The minimum atomic E-state index is -4.48. The summed E-state index contributed by atoms with van der Waals surface area (Å²) < 4.78 is 43.3. The van der Waals surface area contributed by atoms with Crippen LogP contribution in [0, 0.1) is 11.3 Å². The van der Waals surface area contributed by atoms with E-state index in [2.05, 4.69) is 5.32 Å². The van der Waals surface area contributed by atoms with Crippen molar-refractivity contribution in [2.75, 3.05) is 0 Å². The van der Waals surface area contributed by atoms with Crippen LogP contribution in [0.15, 0.2) is 24.3 Å². The van der Waals surface area contributed by atoms with E-state index in [0.29, 0.717) is 0 Å². The summed E-state index contributed by atoms with van der Waals surface area (Å²) in [6.45, 7) is 4.70. The highest BCUT2D eigenvalue weighted by atomic mass is 19.4. The first-order chi connectivity index (χ1) is 10.1. The topological polar surface area (TPSA) is 62.1 Å². The molecular weight excluding hydrogens is 297 g/mol. The number of nitrogens with one attached hydrogen (secondary N) is 1. The smallest absolute Gasteiger partial charge is 0.416 e. The summed E-state index contributed by atoms with van der Waals surface area (Å²) in [5.41, 5.74) is -1.93. The third-order valence-electron chi connectivity index (χ3n) is 2.82. The standard InChI is InChI=1S/C15H17F3N2O2/c1-4-12(13(21)20-14(2,3)9-19)22-11-7-5-6-10(8-11)15(16,17)18/h5-8,12H,4H2,1-3H3,(H,20,21). The van der Waals surface area contributed by atoms with Crippen molar-refractivity contribution in [2.45, 2.75) is 45.0 Å². The van der Waals surface area contributed by atoms with Crippen LogP contribution < -0.4 is 10.1 Å². The third-order valence-corrected chi connectivity index (χ3v) is 2.82. The molecule has 0 saturated carbocycles. The molecule has 0 spiro atoms. The van der Waals surface area contributed by atoms with E-state index < -0.39 is 29.3 Å². The Morgan fingerprint density at radius 3 is 2.55 bits per heavy atom. The predicted molar refractivity (Wildman–Crippen MR) is 74.0 cm³/mol. The number of carbonyl (C=O) groups excluding carboxylic acids is 1. The van der Waals surface area contributed by atoms with Gasteiger partial charge in [-0.15, -0.1) is 0 Å². The number of nitrogens with zero attached hydrogens (tertiary/aromatic N) is 1. The lowest BCUT2D eigenvalue weighted by atomic mass is 10.1. The van der Waals surface area contributed by atoms with Crippen molar-refractivity contribution < 1.29 is 22.7 Å². The second-order valence-corrected chi connectivity index (χ2v) is 5.27. The quantitative estimate of drug-likeness (QED) is 0.907. The van der Waals surface area contributed by atoms with Gasteiger partial charge in [0.2, 0.25) is 0 Å². The van der Waals surface area contributed by atoms with Gasteiger partial charge in [-0.2, -0.15) is 18.4 Å². The number of hydrogen-bond acceptors (Lipinski definition) is 3. The average molecular weight is 314 g/mol.